The zero-order chi connectivity index (χ0) is 55.4. The van der Waals surface area contributed by atoms with Gasteiger partial charge in [0.2, 0.25) is 5.91 Å². The predicted molar refractivity (Wildman–Crippen MR) is 284 cm³/mol. The van der Waals surface area contributed by atoms with Crippen LogP contribution in [0.3, 0.4) is 0 Å². The summed E-state index contributed by atoms with van der Waals surface area (Å²) in [6.45, 7) is 21.2. The molecule has 15 nitrogen and oxygen atoms in total. The van der Waals surface area contributed by atoms with Crippen LogP contribution in [0.15, 0.2) is 54.7 Å². The Morgan fingerprint density at radius 3 is 1.80 bits per heavy atom. The fraction of sp³-hybridized carbons (Fsp3) is 0.586. The highest BCUT2D eigenvalue weighted by Crippen LogP contribution is 2.39. The molecule has 0 saturated carbocycles. The van der Waals surface area contributed by atoms with Gasteiger partial charge in [-0.05, 0) is 136 Å². The summed E-state index contributed by atoms with van der Waals surface area (Å²) in [6, 6.07) is 15.0. The Labute approximate surface area is 447 Å². The van der Waals surface area contributed by atoms with Gasteiger partial charge in [-0.25, -0.2) is 0 Å². The molecule has 4 heterocycles. The highest BCUT2D eigenvalue weighted by Gasteiger charge is 2.37. The molecule has 3 saturated heterocycles. The van der Waals surface area contributed by atoms with E-state index in [1.54, 1.807) is 26.8 Å². The molecule has 0 N–H and O–H groups in total. The molecule has 0 unspecified atom stereocenters. The van der Waals surface area contributed by atoms with Crippen molar-refractivity contribution in [2.24, 2.45) is 5.92 Å². The Kier molecular flexibility index (Phi) is 20.3. The molecule has 0 spiro atoms. The van der Waals surface area contributed by atoms with E-state index in [1.165, 1.54) is 24.4 Å². The van der Waals surface area contributed by atoms with Crippen LogP contribution in [0.2, 0.25) is 0 Å². The third-order valence-electron chi connectivity index (χ3n) is 13.3. The van der Waals surface area contributed by atoms with E-state index < -0.39 is 40.6 Å². The van der Waals surface area contributed by atoms with Crippen molar-refractivity contribution in [1.82, 2.24) is 29.5 Å². The molecule has 3 aliphatic heterocycles. The first-order valence-electron chi connectivity index (χ1n) is 26.6. The van der Waals surface area contributed by atoms with E-state index in [-0.39, 0.29) is 84.7 Å². The van der Waals surface area contributed by atoms with Gasteiger partial charge in [0.15, 0.2) is 0 Å². The number of aromatic nitrogens is 1. The molecule has 1 aromatic heterocycles. The van der Waals surface area contributed by atoms with Crippen LogP contribution in [0, 0.1) is 17.2 Å². The van der Waals surface area contributed by atoms with Crippen molar-refractivity contribution in [2.45, 2.75) is 130 Å². The number of likely N-dealkylation sites (tertiary alicyclic amines) is 2. The van der Waals surface area contributed by atoms with Crippen molar-refractivity contribution in [2.75, 3.05) is 85.1 Å². The van der Waals surface area contributed by atoms with Crippen molar-refractivity contribution in [3.8, 4) is 22.9 Å². The molecule has 18 heteroatoms. The van der Waals surface area contributed by atoms with Crippen LogP contribution in [0.4, 0.5) is 13.2 Å². The number of halogens is 3. The number of pyridine rings is 1. The minimum Gasteiger partial charge on any atom is -0.493 e. The van der Waals surface area contributed by atoms with Crippen LogP contribution in [-0.2, 0) is 46.1 Å². The zero-order valence-corrected chi connectivity index (χ0v) is 46.0. The Bertz CT molecular complexity index is 2500. The molecule has 3 fully saturated rings. The van der Waals surface area contributed by atoms with Crippen LogP contribution in [-0.4, -0.2) is 161 Å². The molecule has 6 rings (SSSR count). The number of piperidine rings is 2. The number of hydrogen-bond acceptors (Lipinski definition) is 14. The van der Waals surface area contributed by atoms with Gasteiger partial charge in [-0.15, -0.1) is 0 Å². The summed E-state index contributed by atoms with van der Waals surface area (Å²) in [5, 5.41) is 10.2. The molecule has 414 valence electrons. The van der Waals surface area contributed by atoms with Gasteiger partial charge in [0.25, 0.3) is 0 Å². The molecular weight excluding hydrogens is 980 g/mol. The molecule has 2 aromatic carbocycles. The van der Waals surface area contributed by atoms with Gasteiger partial charge in [0.05, 0.1) is 43.1 Å². The van der Waals surface area contributed by atoms with Gasteiger partial charge in [0, 0.05) is 76.2 Å². The summed E-state index contributed by atoms with van der Waals surface area (Å²) in [5.41, 5.74) is -1.06. The van der Waals surface area contributed by atoms with Crippen LogP contribution >= 0.6 is 0 Å². The molecule has 76 heavy (non-hydrogen) atoms. The Morgan fingerprint density at radius 2 is 1.26 bits per heavy atom. The number of nitriles is 1. The number of hydrogen-bond donors (Lipinski definition) is 0. The molecule has 1 amide bonds. The van der Waals surface area contributed by atoms with Crippen molar-refractivity contribution in [3.05, 3.63) is 82.7 Å². The normalized spacial score (nSPS) is 18.6. The van der Waals surface area contributed by atoms with Gasteiger partial charge >= 0.3 is 24.1 Å². The third-order valence-corrected chi connectivity index (χ3v) is 13.3. The molecular formula is C58H78F3N7O8. The van der Waals surface area contributed by atoms with Crippen LogP contribution in [0.25, 0.3) is 23.3 Å². The first-order valence-corrected chi connectivity index (χ1v) is 26.6. The second-order valence-electron chi connectivity index (χ2n) is 23.1. The van der Waals surface area contributed by atoms with Crippen molar-refractivity contribution >= 4 is 36.0 Å². The number of carbonyl (C=O) groups is 4. The summed E-state index contributed by atoms with van der Waals surface area (Å²) in [4.78, 5) is 67.5. The van der Waals surface area contributed by atoms with E-state index in [4.69, 9.17) is 18.9 Å². The maximum absolute atomic E-state index is 15.2. The quantitative estimate of drug-likeness (QED) is 0.105. The first-order chi connectivity index (χ1) is 35.7. The van der Waals surface area contributed by atoms with E-state index in [1.807, 2.05) is 91.5 Å². The van der Waals surface area contributed by atoms with Crippen LogP contribution in [0.5, 0.6) is 5.75 Å². The van der Waals surface area contributed by atoms with Crippen molar-refractivity contribution < 1.29 is 51.3 Å². The smallest absolute Gasteiger partial charge is 0.417 e. The van der Waals surface area contributed by atoms with Gasteiger partial charge in [-0.3, -0.25) is 43.8 Å². The average molecular weight is 1060 g/mol. The lowest BCUT2D eigenvalue weighted by Crippen LogP contribution is -2.47. The van der Waals surface area contributed by atoms with Gasteiger partial charge in [-0.1, -0.05) is 42.8 Å². The number of esters is 3. The topological polar surface area (TPSA) is 158 Å². The monoisotopic (exact) mass is 1060 g/mol. The molecule has 0 radical (unpaired) electrons. The number of nitrogens with zero attached hydrogens (tertiary/aromatic N) is 7. The Balaban J connectivity index is 1.19. The predicted octanol–water partition coefficient (Wildman–Crippen LogP) is 8.73. The van der Waals surface area contributed by atoms with E-state index in [0.717, 1.165) is 24.5 Å². The second-order valence-corrected chi connectivity index (χ2v) is 23.1. The Morgan fingerprint density at radius 1 is 0.697 bits per heavy atom. The lowest BCUT2D eigenvalue weighted by Gasteiger charge is -2.36. The standard InChI is InChI=1S/C58H78F3N7O8/c1-55(2,3)74-52(70)38-65-29-27-64(28-30-66(32-31-65)39-53(71)75-56(4,5)6)37-51(69)67-25-21-41(22-26-67)40-73-50-34-43(18-19-48-46(35-62)45(20-23-63-48)42-15-11-10-12-16-42)47(58(59,60)61)33-44(50)36-68-24-14-13-17-49(68)54(72)76-57(7,8)9/h10-12,15-16,18-20,23,33-34,41,49H,13-14,17,21-22,24-32,36-40H2,1-9H3/b19-18+/t49-/m0/s1. The number of alkyl halides is 3. The highest BCUT2D eigenvalue weighted by atomic mass is 19.4. The van der Waals surface area contributed by atoms with E-state index in [0.29, 0.717) is 83.7 Å². The SMILES string of the molecule is CC(C)(C)OC(=O)CN1CCN(CC(=O)OC(C)(C)C)CCN(CC(=O)N2CCC(COc3cc(/C=C/c4nccc(-c5ccccc5)c4C#N)c(C(F)(F)F)cc3CN3CCCC[C@H]3C(=O)OC(C)(C)C)CC2)CC1. The number of benzene rings is 2. The van der Waals surface area contributed by atoms with E-state index in [9.17, 15) is 24.4 Å². The van der Waals surface area contributed by atoms with Crippen molar-refractivity contribution in [3.63, 3.8) is 0 Å². The summed E-state index contributed by atoms with van der Waals surface area (Å²) < 4.78 is 69.1. The lowest BCUT2D eigenvalue weighted by atomic mass is 9.96. The van der Waals surface area contributed by atoms with Gasteiger partial charge in [0.1, 0.15) is 34.7 Å². The molecule has 3 aliphatic rings. The fourth-order valence-corrected chi connectivity index (χ4v) is 9.69. The third kappa shape index (κ3) is 18.4. The largest absolute Gasteiger partial charge is 0.493 e. The average Bonchev–Trinajstić information content (AvgIpc) is 3.41. The van der Waals surface area contributed by atoms with Crippen LogP contribution in [0.1, 0.15) is 122 Å². The summed E-state index contributed by atoms with van der Waals surface area (Å²) >= 11 is 0. The maximum atomic E-state index is 15.2. The zero-order valence-electron chi connectivity index (χ0n) is 46.0. The minimum atomic E-state index is -4.78. The summed E-state index contributed by atoms with van der Waals surface area (Å²) in [6.07, 6.45) is 2.70. The fourth-order valence-electron chi connectivity index (χ4n) is 9.69. The number of carbonyl (C=O) groups excluding carboxylic acids is 4. The Hall–Kier alpha value is -5.87. The molecule has 0 bridgehead atoms. The highest BCUT2D eigenvalue weighted by molar-refractivity contribution is 5.80. The van der Waals surface area contributed by atoms with Gasteiger partial charge in [-0.2, -0.15) is 18.4 Å². The molecule has 1 atom stereocenters. The van der Waals surface area contributed by atoms with E-state index in [2.05, 4.69) is 16.0 Å². The first kappa shape index (κ1) is 59.4. The lowest BCUT2D eigenvalue weighted by molar-refractivity contribution is -0.163. The second kappa shape index (κ2) is 26.0. The number of amides is 1. The number of ether oxygens (including phenoxy) is 4. The maximum Gasteiger partial charge on any atom is 0.417 e. The molecule has 0 aliphatic carbocycles. The van der Waals surface area contributed by atoms with E-state index >= 15 is 13.2 Å². The minimum absolute atomic E-state index is 0.00650. The molecule has 3 aromatic rings. The van der Waals surface area contributed by atoms with Crippen molar-refractivity contribution in [1.29, 1.82) is 5.26 Å². The number of rotatable bonds is 15. The van der Waals surface area contributed by atoms with Gasteiger partial charge < -0.3 is 23.8 Å². The summed E-state index contributed by atoms with van der Waals surface area (Å²) in [7, 11) is 0. The summed E-state index contributed by atoms with van der Waals surface area (Å²) in [5.74, 6) is -0.975. The van der Waals surface area contributed by atoms with Crippen LogP contribution < -0.4 is 4.74 Å².